The third kappa shape index (κ3) is 2.24. The van der Waals surface area contributed by atoms with E-state index in [2.05, 4.69) is 17.6 Å². The van der Waals surface area contributed by atoms with Gasteiger partial charge >= 0.3 is 0 Å². The molecule has 1 aliphatic rings. The van der Waals surface area contributed by atoms with E-state index in [9.17, 15) is 0 Å². The maximum atomic E-state index is 8.67. The van der Waals surface area contributed by atoms with Crippen molar-refractivity contribution >= 4 is 0 Å². The number of pyridine rings is 1. The molecule has 1 aromatic heterocycles. The smallest absolute Gasteiger partial charge is 0.101 e. The number of rotatable bonds is 1. The number of aromatic nitrogens is 1. The first-order valence-corrected chi connectivity index (χ1v) is 5.32. The van der Waals surface area contributed by atoms with Gasteiger partial charge in [-0.25, -0.2) is 0 Å². The van der Waals surface area contributed by atoms with Gasteiger partial charge in [-0.2, -0.15) is 5.26 Å². The summed E-state index contributed by atoms with van der Waals surface area (Å²) in [6.45, 7) is 4.01. The first-order chi connectivity index (χ1) is 7.29. The van der Waals surface area contributed by atoms with Crippen LogP contribution >= 0.6 is 0 Å². The summed E-state index contributed by atoms with van der Waals surface area (Å²) in [6, 6.07) is 5.92. The van der Waals surface area contributed by atoms with Crippen molar-refractivity contribution in [1.82, 2.24) is 4.98 Å². The number of allylic oxidation sites excluding steroid dienone is 1. The summed E-state index contributed by atoms with van der Waals surface area (Å²) in [5, 5.41) is 8.67. The van der Waals surface area contributed by atoms with Crippen molar-refractivity contribution in [3.8, 4) is 6.07 Å². The Balaban J connectivity index is 2.10. The molecule has 0 bridgehead atoms. The minimum Gasteiger partial charge on any atom is -0.260 e. The number of hydrogen-bond donors (Lipinski definition) is 0. The van der Waals surface area contributed by atoms with Gasteiger partial charge in [-0.1, -0.05) is 12.2 Å². The van der Waals surface area contributed by atoms with Crippen LogP contribution in [0.3, 0.4) is 0 Å². The molecule has 0 saturated heterocycles. The van der Waals surface area contributed by atoms with Crippen LogP contribution in [0.5, 0.6) is 0 Å². The molecule has 1 fully saturated rings. The van der Waals surface area contributed by atoms with Gasteiger partial charge < -0.3 is 0 Å². The van der Waals surface area contributed by atoms with Crippen LogP contribution in [0.4, 0.5) is 0 Å². The Morgan fingerprint density at radius 3 is 2.60 bits per heavy atom. The highest BCUT2D eigenvalue weighted by molar-refractivity contribution is 5.27. The summed E-state index contributed by atoms with van der Waals surface area (Å²) in [7, 11) is 0. The highest BCUT2D eigenvalue weighted by atomic mass is 14.7. The van der Waals surface area contributed by atoms with Crippen LogP contribution < -0.4 is 0 Å². The lowest BCUT2D eigenvalue weighted by Crippen LogP contribution is -2.07. The average molecular weight is 198 g/mol. The van der Waals surface area contributed by atoms with Crippen molar-refractivity contribution in [2.75, 3.05) is 0 Å². The first-order valence-electron chi connectivity index (χ1n) is 5.32. The minimum atomic E-state index is 0.559. The van der Waals surface area contributed by atoms with Crippen molar-refractivity contribution in [2.24, 2.45) is 0 Å². The van der Waals surface area contributed by atoms with Crippen LogP contribution in [0.25, 0.3) is 0 Å². The van der Waals surface area contributed by atoms with Crippen LogP contribution in [0, 0.1) is 11.3 Å². The van der Waals surface area contributed by atoms with Crippen LogP contribution in [0.15, 0.2) is 30.5 Å². The molecule has 0 aromatic carbocycles. The van der Waals surface area contributed by atoms with E-state index in [1.807, 2.05) is 12.1 Å². The molecule has 0 unspecified atom stereocenters. The fourth-order valence-corrected chi connectivity index (χ4v) is 2.03. The van der Waals surface area contributed by atoms with Crippen molar-refractivity contribution < 1.29 is 0 Å². The van der Waals surface area contributed by atoms with Gasteiger partial charge in [-0.3, -0.25) is 4.98 Å². The minimum absolute atomic E-state index is 0.559. The highest BCUT2D eigenvalue weighted by Crippen LogP contribution is 2.33. The number of nitrogens with zero attached hydrogens (tertiary/aromatic N) is 2. The zero-order chi connectivity index (χ0) is 10.7. The van der Waals surface area contributed by atoms with Gasteiger partial charge in [0, 0.05) is 17.8 Å². The molecule has 2 nitrogen and oxygen atoms in total. The summed E-state index contributed by atoms with van der Waals surface area (Å²) in [6.07, 6.45) is 6.20. The van der Waals surface area contributed by atoms with E-state index in [4.69, 9.17) is 5.26 Å². The summed E-state index contributed by atoms with van der Waals surface area (Å²) in [5.41, 5.74) is 3.13. The molecular weight excluding hydrogens is 184 g/mol. The maximum absolute atomic E-state index is 8.67. The largest absolute Gasteiger partial charge is 0.260 e. The van der Waals surface area contributed by atoms with Gasteiger partial charge in [0.25, 0.3) is 0 Å². The Bertz CT molecular complexity index is 388. The number of hydrogen-bond acceptors (Lipinski definition) is 2. The summed E-state index contributed by atoms with van der Waals surface area (Å²) < 4.78 is 0. The molecule has 0 atom stereocenters. The Morgan fingerprint density at radius 1 is 1.33 bits per heavy atom. The van der Waals surface area contributed by atoms with Gasteiger partial charge in [0.15, 0.2) is 0 Å². The molecule has 76 valence electrons. The molecule has 1 aliphatic carbocycles. The molecule has 1 saturated carbocycles. The van der Waals surface area contributed by atoms with E-state index in [0.29, 0.717) is 11.5 Å². The molecule has 1 aromatic rings. The van der Waals surface area contributed by atoms with Crippen LogP contribution in [-0.4, -0.2) is 4.98 Å². The van der Waals surface area contributed by atoms with Crippen LogP contribution in [0.1, 0.15) is 42.9 Å². The first kappa shape index (κ1) is 9.92. The zero-order valence-corrected chi connectivity index (χ0v) is 8.74. The lowest BCUT2D eigenvalue weighted by Gasteiger charge is -2.22. The maximum Gasteiger partial charge on any atom is 0.101 e. The molecular formula is C13H14N2. The van der Waals surface area contributed by atoms with E-state index in [-0.39, 0.29) is 0 Å². The third-order valence-corrected chi connectivity index (χ3v) is 3.03. The fraction of sp³-hybridized carbons (Fsp3) is 0.385. The number of nitriles is 1. The Hall–Kier alpha value is -1.62. The Kier molecular flexibility index (Phi) is 2.82. The van der Waals surface area contributed by atoms with Crippen molar-refractivity contribution in [1.29, 1.82) is 5.26 Å². The standard InChI is InChI=1S/C13H14N2/c1-10-2-5-12(6-3-10)13-7-4-11(8-14)9-15-13/h4,7,9,12H,1-3,5-6H2. The second kappa shape index (κ2) is 4.27. The third-order valence-electron chi connectivity index (χ3n) is 3.03. The highest BCUT2D eigenvalue weighted by Gasteiger charge is 2.18. The van der Waals surface area contributed by atoms with Gasteiger partial charge in [0.2, 0.25) is 0 Å². The van der Waals surface area contributed by atoms with Crippen molar-refractivity contribution in [3.63, 3.8) is 0 Å². The summed E-state index contributed by atoms with van der Waals surface area (Å²) in [4.78, 5) is 4.35. The van der Waals surface area contributed by atoms with Gasteiger partial charge in [0.05, 0.1) is 5.56 Å². The molecule has 0 N–H and O–H groups in total. The van der Waals surface area contributed by atoms with Crippen LogP contribution in [-0.2, 0) is 0 Å². The normalized spacial score (nSPS) is 17.4. The monoisotopic (exact) mass is 198 g/mol. The van der Waals surface area contributed by atoms with Crippen LogP contribution in [0.2, 0.25) is 0 Å². The lowest BCUT2D eigenvalue weighted by atomic mass is 9.84. The second-order valence-electron chi connectivity index (χ2n) is 4.11. The van der Waals surface area contributed by atoms with Gasteiger partial charge in [0.1, 0.15) is 6.07 Å². The molecule has 0 amide bonds. The summed E-state index contributed by atoms with van der Waals surface area (Å²) in [5.74, 6) is 0.559. The molecule has 0 radical (unpaired) electrons. The molecule has 0 aliphatic heterocycles. The fourth-order valence-electron chi connectivity index (χ4n) is 2.03. The molecule has 2 heteroatoms. The topological polar surface area (TPSA) is 36.7 Å². The van der Waals surface area contributed by atoms with Gasteiger partial charge in [-0.15, -0.1) is 0 Å². The van der Waals surface area contributed by atoms with Crippen molar-refractivity contribution in [2.45, 2.75) is 31.6 Å². The molecule has 0 spiro atoms. The van der Waals surface area contributed by atoms with E-state index in [1.165, 1.54) is 5.57 Å². The Morgan fingerprint density at radius 2 is 2.07 bits per heavy atom. The van der Waals surface area contributed by atoms with E-state index < -0.39 is 0 Å². The van der Waals surface area contributed by atoms with Crippen molar-refractivity contribution in [3.05, 3.63) is 41.7 Å². The Labute approximate surface area is 90.3 Å². The van der Waals surface area contributed by atoms with E-state index in [0.717, 1.165) is 31.4 Å². The van der Waals surface area contributed by atoms with Gasteiger partial charge in [-0.05, 0) is 37.8 Å². The predicted octanol–water partition coefficient (Wildman–Crippen LogP) is 3.17. The zero-order valence-electron chi connectivity index (χ0n) is 8.74. The lowest BCUT2D eigenvalue weighted by molar-refractivity contribution is 0.508. The quantitative estimate of drug-likeness (QED) is 0.650. The molecule has 2 rings (SSSR count). The summed E-state index contributed by atoms with van der Waals surface area (Å²) >= 11 is 0. The van der Waals surface area contributed by atoms with E-state index in [1.54, 1.807) is 6.20 Å². The molecule has 15 heavy (non-hydrogen) atoms. The average Bonchev–Trinajstić information content (AvgIpc) is 2.30. The SMILES string of the molecule is C=C1CCC(c2ccc(C#N)cn2)CC1. The molecule has 1 heterocycles. The van der Waals surface area contributed by atoms with E-state index >= 15 is 0 Å². The second-order valence-corrected chi connectivity index (χ2v) is 4.11. The predicted molar refractivity (Wildman–Crippen MR) is 59.3 cm³/mol.